The summed E-state index contributed by atoms with van der Waals surface area (Å²) in [6.07, 6.45) is 7.06. The zero-order valence-electron chi connectivity index (χ0n) is 13.4. The van der Waals surface area contributed by atoms with Gasteiger partial charge in [0.05, 0.1) is 13.7 Å². The fourth-order valence-electron chi connectivity index (χ4n) is 3.77. The first-order valence-corrected chi connectivity index (χ1v) is 8.43. The molecule has 0 unspecified atom stereocenters. The van der Waals surface area contributed by atoms with Crippen LogP contribution in [0.15, 0.2) is 24.3 Å². The molecular weight excluding hydrogens is 276 g/mol. The normalized spacial score (nSPS) is 22.9. The maximum absolute atomic E-state index is 12.3. The molecule has 0 spiro atoms. The highest BCUT2D eigenvalue weighted by atomic mass is 16.5. The van der Waals surface area contributed by atoms with Gasteiger partial charge in [-0.3, -0.25) is 9.69 Å². The summed E-state index contributed by atoms with van der Waals surface area (Å²) in [5.74, 6) is 1.07. The number of likely N-dealkylation sites (tertiary alicyclic amines) is 1. The third-order valence-corrected chi connectivity index (χ3v) is 4.91. The molecule has 0 bridgehead atoms. The Hall–Kier alpha value is -1.55. The van der Waals surface area contributed by atoms with Crippen molar-refractivity contribution in [2.75, 3.05) is 20.2 Å². The van der Waals surface area contributed by atoms with Crippen molar-refractivity contribution in [3.63, 3.8) is 0 Å². The van der Waals surface area contributed by atoms with Crippen molar-refractivity contribution in [3.05, 3.63) is 29.8 Å². The molecule has 1 aromatic rings. The highest BCUT2D eigenvalue weighted by molar-refractivity contribution is 5.78. The molecule has 3 rings (SSSR count). The molecule has 0 radical (unpaired) electrons. The minimum absolute atomic E-state index is 0.182. The van der Waals surface area contributed by atoms with Crippen LogP contribution >= 0.6 is 0 Å². The van der Waals surface area contributed by atoms with Gasteiger partial charge < -0.3 is 10.1 Å². The maximum Gasteiger partial charge on any atom is 0.234 e. The molecule has 0 aromatic heterocycles. The number of nitrogens with one attached hydrogen (secondary N) is 1. The zero-order valence-corrected chi connectivity index (χ0v) is 13.4. The molecule has 2 aliphatic rings. The summed E-state index contributed by atoms with van der Waals surface area (Å²) in [6.45, 7) is 1.51. The second-order valence-electron chi connectivity index (χ2n) is 6.45. The van der Waals surface area contributed by atoms with E-state index in [1.165, 1.54) is 18.4 Å². The second kappa shape index (κ2) is 7.14. The van der Waals surface area contributed by atoms with E-state index in [0.717, 1.165) is 38.0 Å². The second-order valence-corrected chi connectivity index (χ2v) is 6.45. The van der Waals surface area contributed by atoms with Gasteiger partial charge in [-0.1, -0.05) is 25.0 Å². The van der Waals surface area contributed by atoms with Crippen molar-refractivity contribution >= 4 is 5.91 Å². The van der Waals surface area contributed by atoms with E-state index in [9.17, 15) is 4.79 Å². The fourth-order valence-corrected chi connectivity index (χ4v) is 3.77. The van der Waals surface area contributed by atoms with Crippen LogP contribution in [0.4, 0.5) is 0 Å². The minimum atomic E-state index is 0.182. The Morgan fingerprint density at radius 1 is 1.27 bits per heavy atom. The molecule has 1 heterocycles. The summed E-state index contributed by atoms with van der Waals surface area (Å²) in [5.41, 5.74) is 1.26. The minimum Gasteiger partial charge on any atom is -0.497 e. The number of nitrogens with zero attached hydrogens (tertiary/aromatic N) is 1. The van der Waals surface area contributed by atoms with Gasteiger partial charge in [0.2, 0.25) is 5.91 Å². The molecule has 1 saturated carbocycles. The van der Waals surface area contributed by atoms with E-state index in [4.69, 9.17) is 4.74 Å². The highest BCUT2D eigenvalue weighted by Gasteiger charge is 2.28. The number of carbonyl (C=O) groups is 1. The van der Waals surface area contributed by atoms with Crippen LogP contribution in [0.5, 0.6) is 5.75 Å². The summed E-state index contributed by atoms with van der Waals surface area (Å²) >= 11 is 0. The molecule has 1 N–H and O–H groups in total. The van der Waals surface area contributed by atoms with Gasteiger partial charge in [-0.05, 0) is 49.9 Å². The number of benzene rings is 1. The molecule has 4 nitrogen and oxygen atoms in total. The summed E-state index contributed by atoms with van der Waals surface area (Å²) in [6, 6.07) is 8.98. The zero-order chi connectivity index (χ0) is 15.4. The van der Waals surface area contributed by atoms with Gasteiger partial charge in [-0.15, -0.1) is 0 Å². The van der Waals surface area contributed by atoms with Gasteiger partial charge in [0, 0.05) is 12.1 Å². The first kappa shape index (κ1) is 15.3. The lowest BCUT2D eigenvalue weighted by atomic mass is 10.0. The molecule has 1 aliphatic carbocycles. The van der Waals surface area contributed by atoms with E-state index in [1.807, 2.05) is 12.1 Å². The summed E-state index contributed by atoms with van der Waals surface area (Å²) < 4.78 is 5.32. The molecule has 2 fully saturated rings. The van der Waals surface area contributed by atoms with Gasteiger partial charge in [0.25, 0.3) is 0 Å². The van der Waals surface area contributed by atoms with Crippen molar-refractivity contribution < 1.29 is 9.53 Å². The van der Waals surface area contributed by atoms with Crippen LogP contribution in [0.1, 0.15) is 50.1 Å². The first-order chi connectivity index (χ1) is 10.8. The third kappa shape index (κ3) is 3.61. The van der Waals surface area contributed by atoms with E-state index >= 15 is 0 Å². The van der Waals surface area contributed by atoms with Crippen molar-refractivity contribution in [2.24, 2.45) is 0 Å². The van der Waals surface area contributed by atoms with Crippen molar-refractivity contribution in [2.45, 2.75) is 50.6 Å². The molecule has 1 aliphatic heterocycles. The number of amides is 1. The van der Waals surface area contributed by atoms with Crippen LogP contribution in [0.3, 0.4) is 0 Å². The van der Waals surface area contributed by atoms with Crippen LogP contribution < -0.4 is 10.1 Å². The van der Waals surface area contributed by atoms with Crippen molar-refractivity contribution in [1.29, 1.82) is 0 Å². The smallest absolute Gasteiger partial charge is 0.234 e. The molecular formula is C18H26N2O2. The van der Waals surface area contributed by atoms with Crippen molar-refractivity contribution in [3.8, 4) is 5.75 Å². The number of methoxy groups -OCH3 is 1. The van der Waals surface area contributed by atoms with E-state index in [-0.39, 0.29) is 5.91 Å². The van der Waals surface area contributed by atoms with Gasteiger partial charge in [-0.2, -0.15) is 0 Å². The largest absolute Gasteiger partial charge is 0.497 e. The quantitative estimate of drug-likeness (QED) is 0.909. The molecule has 1 aromatic carbocycles. The Morgan fingerprint density at radius 3 is 2.86 bits per heavy atom. The van der Waals surface area contributed by atoms with E-state index in [1.54, 1.807) is 7.11 Å². The molecule has 1 saturated heterocycles. The lowest BCUT2D eigenvalue weighted by Gasteiger charge is -2.25. The molecule has 1 atom stereocenters. The number of rotatable bonds is 5. The van der Waals surface area contributed by atoms with Gasteiger partial charge in [-0.25, -0.2) is 0 Å². The number of carbonyl (C=O) groups excluding carboxylic acids is 1. The first-order valence-electron chi connectivity index (χ1n) is 8.43. The van der Waals surface area contributed by atoms with Crippen LogP contribution in [0.25, 0.3) is 0 Å². The Labute approximate surface area is 132 Å². The molecule has 1 amide bonds. The SMILES string of the molecule is COc1cccc([C@H]2CCCN2CC(=O)NC2CCCC2)c1. The topological polar surface area (TPSA) is 41.6 Å². The molecule has 4 heteroatoms. The number of hydrogen-bond acceptors (Lipinski definition) is 3. The standard InChI is InChI=1S/C18H26N2O2/c1-22-16-9-4-6-14(12-16)17-10-5-11-20(17)13-18(21)19-15-7-2-3-8-15/h4,6,9,12,15,17H,2-3,5,7-8,10-11,13H2,1H3,(H,19,21)/t17-/m1/s1. The summed E-state index contributed by atoms with van der Waals surface area (Å²) in [4.78, 5) is 14.6. The summed E-state index contributed by atoms with van der Waals surface area (Å²) in [7, 11) is 1.70. The van der Waals surface area contributed by atoms with Gasteiger partial charge >= 0.3 is 0 Å². The van der Waals surface area contributed by atoms with E-state index in [0.29, 0.717) is 18.6 Å². The Balaban J connectivity index is 1.61. The van der Waals surface area contributed by atoms with Crippen molar-refractivity contribution in [1.82, 2.24) is 10.2 Å². The lowest BCUT2D eigenvalue weighted by Crippen LogP contribution is -2.40. The van der Waals surface area contributed by atoms with Crippen LogP contribution in [0, 0.1) is 0 Å². The van der Waals surface area contributed by atoms with Crippen LogP contribution in [-0.2, 0) is 4.79 Å². The number of hydrogen-bond donors (Lipinski definition) is 1. The Kier molecular flexibility index (Phi) is 4.98. The predicted octanol–water partition coefficient (Wildman–Crippen LogP) is 2.89. The van der Waals surface area contributed by atoms with Crippen LogP contribution in [0.2, 0.25) is 0 Å². The maximum atomic E-state index is 12.3. The monoisotopic (exact) mass is 302 g/mol. The highest BCUT2D eigenvalue weighted by Crippen LogP contribution is 2.33. The van der Waals surface area contributed by atoms with Gasteiger partial charge in [0.15, 0.2) is 0 Å². The summed E-state index contributed by atoms with van der Waals surface area (Å²) in [5, 5.41) is 3.20. The lowest BCUT2D eigenvalue weighted by molar-refractivity contribution is -0.123. The molecule has 120 valence electrons. The van der Waals surface area contributed by atoms with E-state index in [2.05, 4.69) is 22.3 Å². The number of ether oxygens (including phenoxy) is 1. The Morgan fingerprint density at radius 2 is 2.09 bits per heavy atom. The average Bonchev–Trinajstić information content (AvgIpc) is 3.19. The predicted molar refractivity (Wildman–Crippen MR) is 86.9 cm³/mol. The third-order valence-electron chi connectivity index (χ3n) is 4.91. The van der Waals surface area contributed by atoms with Gasteiger partial charge in [0.1, 0.15) is 5.75 Å². The van der Waals surface area contributed by atoms with E-state index < -0.39 is 0 Å². The van der Waals surface area contributed by atoms with Crippen LogP contribution in [-0.4, -0.2) is 37.0 Å². The average molecular weight is 302 g/mol. The molecule has 22 heavy (non-hydrogen) atoms. The fraction of sp³-hybridized carbons (Fsp3) is 0.611. The Bertz CT molecular complexity index is 512.